The van der Waals surface area contributed by atoms with Gasteiger partial charge in [0.15, 0.2) is 0 Å². The number of carbonyl (C=O) groups excluding carboxylic acids is 2. The van der Waals surface area contributed by atoms with E-state index < -0.39 is 0 Å². The average Bonchev–Trinajstić information content (AvgIpc) is 2.55. The van der Waals surface area contributed by atoms with E-state index in [-0.39, 0.29) is 17.8 Å². The first kappa shape index (κ1) is 18.4. The minimum atomic E-state index is -0.377. The highest BCUT2D eigenvalue weighted by atomic mass is 16.5. The van der Waals surface area contributed by atoms with E-state index in [1.165, 1.54) is 0 Å². The lowest BCUT2D eigenvalue weighted by Crippen LogP contribution is -2.18. The molecule has 0 spiro atoms. The maximum absolute atomic E-state index is 12.1. The number of primary amides is 1. The van der Waals surface area contributed by atoms with Gasteiger partial charge in [-0.05, 0) is 23.6 Å². The van der Waals surface area contributed by atoms with Crippen LogP contribution in [0.25, 0.3) is 5.57 Å². The summed E-state index contributed by atoms with van der Waals surface area (Å²) in [5.74, 6) is -1.06. The van der Waals surface area contributed by atoms with Gasteiger partial charge in [-0.3, -0.25) is 4.79 Å². The van der Waals surface area contributed by atoms with Crippen molar-refractivity contribution in [2.75, 3.05) is 6.61 Å². The molecule has 2 N–H and O–H groups in total. The first-order valence-electron chi connectivity index (χ1n) is 7.57. The van der Waals surface area contributed by atoms with Crippen molar-refractivity contribution < 1.29 is 14.3 Å². The van der Waals surface area contributed by atoms with Gasteiger partial charge in [-0.25, -0.2) is 4.79 Å². The van der Waals surface area contributed by atoms with Gasteiger partial charge in [-0.2, -0.15) is 0 Å². The molecule has 4 nitrogen and oxygen atoms in total. The highest BCUT2D eigenvalue weighted by Crippen LogP contribution is 2.20. The molecule has 4 heteroatoms. The zero-order valence-electron chi connectivity index (χ0n) is 13.6. The van der Waals surface area contributed by atoms with Gasteiger partial charge in [0, 0.05) is 0 Å². The van der Waals surface area contributed by atoms with Gasteiger partial charge in [-0.15, -0.1) is 0 Å². The molecule has 1 amide bonds. The number of hydrogen-bond acceptors (Lipinski definition) is 3. The lowest BCUT2D eigenvalue weighted by atomic mass is 10.0. The van der Waals surface area contributed by atoms with Crippen molar-refractivity contribution in [2.24, 2.45) is 11.7 Å². The molecular formula is C19H23NO3. The summed E-state index contributed by atoms with van der Waals surface area (Å²) in [6.45, 7) is 8.04. The molecule has 0 saturated carbocycles. The molecule has 0 aromatic heterocycles. The summed E-state index contributed by atoms with van der Waals surface area (Å²) < 4.78 is 5.18. The molecule has 0 heterocycles. The topological polar surface area (TPSA) is 69.4 Å². The molecule has 0 bridgehead atoms. The molecule has 0 radical (unpaired) electrons. The summed E-state index contributed by atoms with van der Waals surface area (Å²) in [6, 6.07) is 7.18. The van der Waals surface area contributed by atoms with E-state index in [1.807, 2.05) is 19.1 Å². The van der Waals surface area contributed by atoms with E-state index in [9.17, 15) is 9.59 Å². The van der Waals surface area contributed by atoms with E-state index in [4.69, 9.17) is 10.5 Å². The Hall–Kier alpha value is -2.62. The molecule has 0 aliphatic rings. The van der Waals surface area contributed by atoms with Crippen molar-refractivity contribution in [2.45, 2.75) is 20.3 Å². The number of hydrogen-bond donors (Lipinski definition) is 1. The van der Waals surface area contributed by atoms with Gasteiger partial charge in [0.25, 0.3) is 0 Å². The molecule has 0 aliphatic carbocycles. The number of amides is 1. The van der Waals surface area contributed by atoms with Crippen molar-refractivity contribution in [3.8, 4) is 0 Å². The van der Waals surface area contributed by atoms with Crippen molar-refractivity contribution in [1.29, 1.82) is 0 Å². The average molecular weight is 313 g/mol. The van der Waals surface area contributed by atoms with E-state index in [2.05, 4.69) is 6.58 Å². The van der Waals surface area contributed by atoms with Crippen LogP contribution in [-0.2, 0) is 9.53 Å². The predicted molar refractivity (Wildman–Crippen MR) is 92.7 cm³/mol. The molecule has 1 aromatic carbocycles. The summed E-state index contributed by atoms with van der Waals surface area (Å²) in [5, 5.41) is 0. The third-order valence-electron chi connectivity index (χ3n) is 3.19. The second-order valence-corrected chi connectivity index (χ2v) is 5.14. The van der Waals surface area contributed by atoms with Crippen LogP contribution in [0.15, 0.2) is 55.1 Å². The Morgan fingerprint density at radius 3 is 2.52 bits per heavy atom. The minimum Gasteiger partial charge on any atom is -0.462 e. The molecule has 1 aromatic rings. The number of benzene rings is 1. The Morgan fingerprint density at radius 2 is 1.91 bits per heavy atom. The molecule has 1 unspecified atom stereocenters. The number of nitrogens with two attached hydrogens (primary N) is 1. The molecule has 122 valence electrons. The van der Waals surface area contributed by atoms with Crippen molar-refractivity contribution in [3.63, 3.8) is 0 Å². The SMILES string of the molecule is C=C(/C=C\C=C/C(C)C(N)=O)c1ccccc1C(=O)OCCC. The van der Waals surface area contributed by atoms with Gasteiger partial charge < -0.3 is 10.5 Å². The zero-order valence-corrected chi connectivity index (χ0v) is 13.6. The number of rotatable bonds is 8. The predicted octanol–water partition coefficient (Wildman–Crippen LogP) is 3.50. The smallest absolute Gasteiger partial charge is 0.338 e. The van der Waals surface area contributed by atoms with Gasteiger partial charge >= 0.3 is 5.97 Å². The van der Waals surface area contributed by atoms with Crippen LogP contribution in [0.5, 0.6) is 0 Å². The second kappa shape index (κ2) is 9.41. The maximum atomic E-state index is 12.1. The summed E-state index contributed by atoms with van der Waals surface area (Å²) in [6.07, 6.45) is 7.75. The van der Waals surface area contributed by atoms with E-state index >= 15 is 0 Å². The third kappa shape index (κ3) is 5.94. The van der Waals surface area contributed by atoms with Gasteiger partial charge in [0.05, 0.1) is 18.1 Å². The summed E-state index contributed by atoms with van der Waals surface area (Å²) in [7, 11) is 0. The maximum Gasteiger partial charge on any atom is 0.338 e. The van der Waals surface area contributed by atoms with Gasteiger partial charge in [-0.1, -0.05) is 62.9 Å². The Balaban J connectivity index is 2.84. The molecule has 0 saturated heterocycles. The lowest BCUT2D eigenvalue weighted by Gasteiger charge is -2.09. The van der Waals surface area contributed by atoms with E-state index in [0.29, 0.717) is 17.7 Å². The number of esters is 1. The zero-order chi connectivity index (χ0) is 17.2. The Labute approximate surface area is 137 Å². The lowest BCUT2D eigenvalue weighted by molar-refractivity contribution is -0.120. The van der Waals surface area contributed by atoms with Crippen molar-refractivity contribution >= 4 is 17.4 Å². The highest BCUT2D eigenvalue weighted by Gasteiger charge is 2.12. The summed E-state index contributed by atoms with van der Waals surface area (Å²) >= 11 is 0. The number of carbonyl (C=O) groups is 2. The fourth-order valence-electron chi connectivity index (χ4n) is 1.80. The van der Waals surface area contributed by atoms with Crippen LogP contribution >= 0.6 is 0 Å². The van der Waals surface area contributed by atoms with Crippen LogP contribution in [-0.4, -0.2) is 18.5 Å². The monoisotopic (exact) mass is 313 g/mol. The van der Waals surface area contributed by atoms with Gasteiger partial charge in [0.2, 0.25) is 5.91 Å². The Kier molecular flexibility index (Phi) is 7.54. The second-order valence-electron chi connectivity index (χ2n) is 5.14. The summed E-state index contributed by atoms with van der Waals surface area (Å²) in [5.41, 5.74) is 7.08. The standard InChI is InChI=1S/C19H23NO3/c1-4-13-23-19(22)17-12-8-7-11-16(17)14(2)9-5-6-10-15(3)18(20)21/h5-12,15H,2,4,13H2,1,3H3,(H2,20,21)/b9-5-,10-6-. The van der Waals surface area contributed by atoms with Crippen LogP contribution in [0.1, 0.15) is 36.2 Å². The van der Waals surface area contributed by atoms with Crippen LogP contribution in [0.2, 0.25) is 0 Å². The van der Waals surface area contributed by atoms with Crippen LogP contribution in [0.4, 0.5) is 0 Å². The van der Waals surface area contributed by atoms with Gasteiger partial charge in [0.1, 0.15) is 0 Å². The van der Waals surface area contributed by atoms with Crippen molar-refractivity contribution in [3.05, 3.63) is 66.3 Å². The molecule has 1 atom stereocenters. The molecule has 23 heavy (non-hydrogen) atoms. The number of allylic oxidation sites excluding steroid dienone is 4. The first-order valence-corrected chi connectivity index (χ1v) is 7.57. The molecular weight excluding hydrogens is 290 g/mol. The first-order chi connectivity index (χ1) is 11.0. The normalized spacial score (nSPS) is 12.4. The van der Waals surface area contributed by atoms with Crippen molar-refractivity contribution in [1.82, 2.24) is 0 Å². The van der Waals surface area contributed by atoms with Crippen LogP contribution < -0.4 is 5.73 Å². The van der Waals surface area contributed by atoms with Crippen LogP contribution in [0, 0.1) is 5.92 Å². The molecule has 1 rings (SSSR count). The highest BCUT2D eigenvalue weighted by molar-refractivity contribution is 5.96. The third-order valence-corrected chi connectivity index (χ3v) is 3.19. The minimum absolute atomic E-state index is 0.329. The Bertz CT molecular complexity index is 629. The fourth-order valence-corrected chi connectivity index (χ4v) is 1.80. The molecule has 0 aliphatic heterocycles. The Morgan fingerprint density at radius 1 is 1.26 bits per heavy atom. The number of ether oxygens (including phenoxy) is 1. The largest absolute Gasteiger partial charge is 0.462 e. The fraction of sp³-hybridized carbons (Fsp3) is 0.263. The summed E-state index contributed by atoms with van der Waals surface area (Å²) in [4.78, 5) is 23.0. The van der Waals surface area contributed by atoms with E-state index in [0.717, 1.165) is 12.0 Å². The molecule has 0 fully saturated rings. The van der Waals surface area contributed by atoms with Crippen LogP contribution in [0.3, 0.4) is 0 Å². The van der Waals surface area contributed by atoms with E-state index in [1.54, 1.807) is 43.4 Å². The quantitative estimate of drug-likeness (QED) is 0.590.